The summed E-state index contributed by atoms with van der Waals surface area (Å²) in [6.07, 6.45) is -0.705. The predicted octanol–water partition coefficient (Wildman–Crippen LogP) is 3.84. The Bertz CT molecular complexity index is 1750. The molecular formula is C32H39FN3O11P. The molecule has 48 heavy (non-hydrogen) atoms. The molecule has 3 N–H and O–H groups in total. The number of rotatable bonds is 14. The molecule has 2 heterocycles. The summed E-state index contributed by atoms with van der Waals surface area (Å²) < 4.78 is 63.3. The van der Waals surface area contributed by atoms with Crippen molar-refractivity contribution in [2.24, 2.45) is 0 Å². The van der Waals surface area contributed by atoms with Crippen LogP contribution in [0.2, 0.25) is 0 Å². The highest BCUT2D eigenvalue weighted by atomic mass is 31.2. The summed E-state index contributed by atoms with van der Waals surface area (Å²) in [5, 5.41) is 13.3. The number of methoxy groups -OCH3 is 2. The number of nitrogens with one attached hydrogen (secondary N) is 2. The second kappa shape index (κ2) is 15.3. The Hall–Kier alpha value is -4.27. The van der Waals surface area contributed by atoms with Crippen LogP contribution in [0.5, 0.6) is 17.2 Å². The van der Waals surface area contributed by atoms with Gasteiger partial charge in [-0.15, -0.1) is 0 Å². The van der Waals surface area contributed by atoms with Gasteiger partial charge >= 0.3 is 19.4 Å². The van der Waals surface area contributed by atoms with E-state index in [0.717, 1.165) is 34.9 Å². The van der Waals surface area contributed by atoms with Gasteiger partial charge in [-0.3, -0.25) is 23.7 Å². The number of halogens is 1. The van der Waals surface area contributed by atoms with Gasteiger partial charge in [0.1, 0.15) is 35.5 Å². The van der Waals surface area contributed by atoms with Crippen molar-refractivity contribution in [3.05, 3.63) is 86.7 Å². The van der Waals surface area contributed by atoms with E-state index in [9.17, 15) is 24.1 Å². The van der Waals surface area contributed by atoms with Crippen molar-refractivity contribution in [2.45, 2.75) is 63.9 Å². The quantitative estimate of drug-likeness (QED) is 0.127. The Morgan fingerprint density at radius 2 is 1.69 bits per heavy atom. The van der Waals surface area contributed by atoms with Gasteiger partial charge < -0.3 is 28.6 Å². The number of aliphatic hydroxyl groups is 1. The Morgan fingerprint density at radius 1 is 1.06 bits per heavy atom. The molecule has 3 aromatic rings. The van der Waals surface area contributed by atoms with Crippen molar-refractivity contribution < 1.29 is 46.9 Å². The lowest BCUT2D eigenvalue weighted by atomic mass is 9.98. The lowest BCUT2D eigenvalue weighted by Crippen LogP contribution is -2.43. The van der Waals surface area contributed by atoms with Gasteiger partial charge in [-0.25, -0.2) is 13.8 Å². The third-order valence-corrected chi connectivity index (χ3v) is 8.88. The van der Waals surface area contributed by atoms with Crippen molar-refractivity contribution in [2.75, 3.05) is 20.8 Å². The molecule has 1 aromatic heterocycles. The van der Waals surface area contributed by atoms with E-state index in [2.05, 4.69) is 5.09 Å². The first-order chi connectivity index (χ1) is 22.6. The van der Waals surface area contributed by atoms with Crippen molar-refractivity contribution in [1.82, 2.24) is 14.6 Å². The largest absolute Gasteiger partial charge is 0.497 e. The second-order valence-corrected chi connectivity index (χ2v) is 13.1. The standard InChI is InChI=1S/C32H39FN3O11P/c1-19(2)45-29(39)20(3)35-48(41,44-18-26-28(38)32(4,33)30(46-26)36-14-13-27(37)34-31(36)40)47-23-11-9-21(10-12-23)7-8-22-15-24(42-5)17-25(16-22)43-6/h7-17,19-20,26,28,30,38H,18H2,1-6H3,(H,35,41)(H,34,37,40)/t20-,26?,28+,30+,32+,48?/m0/s1. The van der Waals surface area contributed by atoms with Gasteiger partial charge in [-0.2, -0.15) is 5.09 Å². The smallest absolute Gasteiger partial charge is 0.459 e. The Balaban J connectivity index is 1.53. The molecule has 1 aliphatic heterocycles. The highest BCUT2D eigenvalue weighted by Gasteiger charge is 2.56. The highest BCUT2D eigenvalue weighted by Crippen LogP contribution is 2.47. The number of nitrogens with zero attached hydrogens (tertiary/aromatic N) is 1. The minimum absolute atomic E-state index is 0.0938. The molecule has 16 heteroatoms. The molecule has 0 amide bonds. The molecule has 260 valence electrons. The number of aromatic nitrogens is 2. The first-order valence-electron chi connectivity index (χ1n) is 14.9. The fraction of sp³-hybridized carbons (Fsp3) is 0.406. The zero-order valence-corrected chi connectivity index (χ0v) is 28.1. The molecule has 4 rings (SSSR count). The maximum Gasteiger partial charge on any atom is 0.459 e. The SMILES string of the molecule is COc1cc(C=Cc2ccc(OP(=O)(N[C@@H](C)C(=O)OC(C)C)OCC3O[C@@H](n4ccc(=O)[nH]c4=O)[C@](C)(F)[C@@H]3O)cc2)cc(OC)c1. The number of ether oxygens (including phenoxy) is 4. The fourth-order valence-corrected chi connectivity index (χ4v) is 6.25. The molecule has 0 spiro atoms. The monoisotopic (exact) mass is 691 g/mol. The number of carbonyl (C=O) groups is 1. The number of aromatic amines is 1. The number of hydrogen-bond donors (Lipinski definition) is 3. The molecule has 0 saturated carbocycles. The van der Waals surface area contributed by atoms with Crippen molar-refractivity contribution in [3.8, 4) is 17.2 Å². The van der Waals surface area contributed by atoms with Crippen LogP contribution >= 0.6 is 7.75 Å². The molecule has 14 nitrogen and oxygen atoms in total. The van der Waals surface area contributed by atoms with Crippen molar-refractivity contribution in [3.63, 3.8) is 0 Å². The van der Waals surface area contributed by atoms with Gasteiger partial charge in [-0.1, -0.05) is 24.3 Å². The summed E-state index contributed by atoms with van der Waals surface area (Å²) in [5.41, 5.74) is -2.60. The number of alkyl halides is 1. The van der Waals surface area contributed by atoms with Crippen LogP contribution in [0.3, 0.4) is 0 Å². The van der Waals surface area contributed by atoms with Gasteiger partial charge in [-0.05, 0) is 63.1 Å². The van der Waals surface area contributed by atoms with Crippen LogP contribution < -0.4 is 30.3 Å². The van der Waals surface area contributed by atoms with Gasteiger partial charge in [0.2, 0.25) is 0 Å². The molecule has 6 atom stereocenters. The lowest BCUT2D eigenvalue weighted by molar-refractivity contribution is -0.149. The summed E-state index contributed by atoms with van der Waals surface area (Å²) >= 11 is 0. The van der Waals surface area contributed by atoms with Crippen molar-refractivity contribution >= 4 is 25.9 Å². The first kappa shape index (κ1) is 36.6. The zero-order chi connectivity index (χ0) is 35.2. The summed E-state index contributed by atoms with van der Waals surface area (Å²) in [5.74, 6) is 0.606. The van der Waals surface area contributed by atoms with Gasteiger partial charge in [0.25, 0.3) is 5.56 Å². The molecule has 0 aliphatic carbocycles. The minimum Gasteiger partial charge on any atom is -0.497 e. The van der Waals surface area contributed by atoms with E-state index in [1.807, 2.05) is 29.3 Å². The van der Waals surface area contributed by atoms with E-state index in [1.165, 1.54) is 19.1 Å². The van der Waals surface area contributed by atoms with Gasteiger partial charge in [0.15, 0.2) is 11.9 Å². The maximum atomic E-state index is 15.7. The van der Waals surface area contributed by atoms with Crippen LogP contribution in [0, 0.1) is 0 Å². The number of H-pyrrole nitrogens is 1. The van der Waals surface area contributed by atoms with Crippen LogP contribution in [0.1, 0.15) is 45.0 Å². The summed E-state index contributed by atoms with van der Waals surface area (Å²) in [7, 11) is -1.33. The molecule has 0 radical (unpaired) electrons. The Labute approximate surface area is 276 Å². The van der Waals surface area contributed by atoms with E-state index in [0.29, 0.717) is 11.5 Å². The van der Waals surface area contributed by atoms with E-state index in [1.54, 1.807) is 46.3 Å². The lowest BCUT2D eigenvalue weighted by Gasteiger charge is -2.25. The van der Waals surface area contributed by atoms with E-state index in [4.69, 9.17) is 28.0 Å². The Morgan fingerprint density at radius 3 is 2.27 bits per heavy atom. The number of hydrogen-bond acceptors (Lipinski definition) is 11. The maximum absolute atomic E-state index is 15.7. The molecule has 2 unspecified atom stereocenters. The molecule has 1 saturated heterocycles. The first-order valence-corrected chi connectivity index (χ1v) is 16.5. The average molecular weight is 692 g/mol. The normalized spacial score (nSPS) is 22.7. The second-order valence-electron chi connectivity index (χ2n) is 11.4. The number of benzene rings is 2. The van der Waals surface area contributed by atoms with Crippen molar-refractivity contribution in [1.29, 1.82) is 0 Å². The third-order valence-electron chi connectivity index (χ3n) is 7.23. The van der Waals surface area contributed by atoms with Crippen LogP contribution in [0.25, 0.3) is 12.2 Å². The molecule has 1 aliphatic rings. The topological polar surface area (TPSA) is 177 Å². The molecular weight excluding hydrogens is 652 g/mol. The van der Waals surface area contributed by atoms with E-state index >= 15 is 4.39 Å². The zero-order valence-electron chi connectivity index (χ0n) is 27.2. The summed E-state index contributed by atoms with van der Waals surface area (Å²) in [6, 6.07) is 11.7. The summed E-state index contributed by atoms with van der Waals surface area (Å²) in [6.45, 7) is 5.02. The summed E-state index contributed by atoms with van der Waals surface area (Å²) in [4.78, 5) is 38.3. The third kappa shape index (κ3) is 8.99. The van der Waals surface area contributed by atoms with Gasteiger partial charge in [0.05, 0.1) is 26.9 Å². The van der Waals surface area contributed by atoms with Crippen LogP contribution in [-0.4, -0.2) is 71.5 Å². The predicted molar refractivity (Wildman–Crippen MR) is 174 cm³/mol. The number of carbonyl (C=O) groups excluding carboxylic acids is 1. The van der Waals surface area contributed by atoms with Gasteiger partial charge in [0, 0.05) is 18.3 Å². The molecule has 1 fully saturated rings. The Kier molecular flexibility index (Phi) is 11.7. The van der Waals surface area contributed by atoms with E-state index < -0.39 is 67.8 Å². The number of aliphatic hydroxyl groups excluding tert-OH is 1. The molecule has 2 aromatic carbocycles. The minimum atomic E-state index is -4.45. The van der Waals surface area contributed by atoms with E-state index in [-0.39, 0.29) is 5.75 Å². The highest BCUT2D eigenvalue weighted by molar-refractivity contribution is 7.52. The van der Waals surface area contributed by atoms with Crippen LogP contribution in [0.4, 0.5) is 4.39 Å². The average Bonchev–Trinajstić information content (AvgIpc) is 3.26. The van der Waals surface area contributed by atoms with Crippen LogP contribution in [-0.2, 0) is 23.4 Å². The number of esters is 1. The fourth-order valence-electron chi connectivity index (χ4n) is 4.74. The van der Waals surface area contributed by atoms with Crippen LogP contribution in [0.15, 0.2) is 64.3 Å². The molecule has 0 bridgehead atoms.